The lowest BCUT2D eigenvalue weighted by Gasteiger charge is -2.04. The van der Waals surface area contributed by atoms with Crippen LogP contribution in [-0.2, 0) is 28.3 Å². The molecule has 0 bridgehead atoms. The summed E-state index contributed by atoms with van der Waals surface area (Å²) >= 11 is 1.34. The van der Waals surface area contributed by atoms with Crippen molar-refractivity contribution in [2.45, 2.75) is 12.8 Å². The van der Waals surface area contributed by atoms with Gasteiger partial charge in [-0.1, -0.05) is 12.1 Å². The van der Waals surface area contributed by atoms with Crippen LogP contribution in [0.5, 0.6) is 0 Å². The summed E-state index contributed by atoms with van der Waals surface area (Å²) in [4.78, 5) is 16.5. The van der Waals surface area contributed by atoms with E-state index in [1.54, 1.807) is 35.1 Å². The number of benzene rings is 1. The van der Waals surface area contributed by atoms with E-state index in [9.17, 15) is 13.2 Å². The Labute approximate surface area is 161 Å². The summed E-state index contributed by atoms with van der Waals surface area (Å²) in [6.07, 6.45) is 5.71. The number of thiazole rings is 1. The van der Waals surface area contributed by atoms with Gasteiger partial charge in [0.05, 0.1) is 18.1 Å². The van der Waals surface area contributed by atoms with Gasteiger partial charge in [-0.25, -0.2) is 13.4 Å². The second-order valence-electron chi connectivity index (χ2n) is 6.06. The van der Waals surface area contributed by atoms with Crippen molar-refractivity contribution in [3.8, 4) is 11.3 Å². The fraction of sp³-hybridized carbons (Fsp3) is 0.235. The molecule has 2 heterocycles. The standard InChI is InChI=1S/C17H19N5O3S2/c1-22-10-12(9-18-22)3-8-16(23)20-17-19-15(11-26-17)13-4-6-14(7-5-13)21-27(2,24)25/h4-7,9-11,21H,3,8H2,1-2H3,(H,19,20,23). The molecule has 0 radical (unpaired) electrons. The van der Waals surface area contributed by atoms with Crippen LogP contribution in [0.4, 0.5) is 10.8 Å². The fourth-order valence-electron chi connectivity index (χ4n) is 2.43. The Balaban J connectivity index is 1.58. The van der Waals surface area contributed by atoms with Crippen LogP contribution >= 0.6 is 11.3 Å². The van der Waals surface area contributed by atoms with Crippen molar-refractivity contribution >= 4 is 38.1 Å². The van der Waals surface area contributed by atoms with Gasteiger partial charge in [0.2, 0.25) is 15.9 Å². The number of aromatic nitrogens is 3. The zero-order valence-corrected chi connectivity index (χ0v) is 16.5. The Morgan fingerprint density at radius 1 is 1.26 bits per heavy atom. The lowest BCUT2D eigenvalue weighted by molar-refractivity contribution is -0.116. The predicted octanol–water partition coefficient (Wildman–Crippen LogP) is 2.49. The van der Waals surface area contributed by atoms with Gasteiger partial charge in [0.15, 0.2) is 5.13 Å². The summed E-state index contributed by atoms with van der Waals surface area (Å²) in [6, 6.07) is 6.89. The Morgan fingerprint density at radius 2 is 2.00 bits per heavy atom. The van der Waals surface area contributed by atoms with Gasteiger partial charge in [0, 0.05) is 36.3 Å². The maximum atomic E-state index is 12.1. The van der Waals surface area contributed by atoms with Crippen molar-refractivity contribution in [3.63, 3.8) is 0 Å². The molecular formula is C17H19N5O3S2. The number of sulfonamides is 1. The van der Waals surface area contributed by atoms with E-state index in [-0.39, 0.29) is 5.91 Å². The number of hydrogen-bond donors (Lipinski definition) is 2. The van der Waals surface area contributed by atoms with Crippen LogP contribution in [0.2, 0.25) is 0 Å². The smallest absolute Gasteiger partial charge is 0.229 e. The highest BCUT2D eigenvalue weighted by molar-refractivity contribution is 7.92. The highest BCUT2D eigenvalue weighted by atomic mass is 32.2. The van der Waals surface area contributed by atoms with Gasteiger partial charge in [-0.15, -0.1) is 11.3 Å². The minimum Gasteiger partial charge on any atom is -0.302 e. The van der Waals surface area contributed by atoms with Crippen molar-refractivity contribution in [2.75, 3.05) is 16.3 Å². The summed E-state index contributed by atoms with van der Waals surface area (Å²) in [7, 11) is -1.47. The number of rotatable bonds is 7. The molecule has 2 N–H and O–H groups in total. The van der Waals surface area contributed by atoms with Crippen molar-refractivity contribution in [2.24, 2.45) is 7.05 Å². The number of aryl methyl sites for hydroxylation is 2. The minimum absolute atomic E-state index is 0.104. The molecule has 0 spiro atoms. The molecule has 0 atom stereocenters. The quantitative estimate of drug-likeness (QED) is 0.628. The topological polar surface area (TPSA) is 106 Å². The molecule has 0 fully saturated rings. The van der Waals surface area contributed by atoms with Gasteiger partial charge in [-0.05, 0) is 24.1 Å². The van der Waals surface area contributed by atoms with Gasteiger partial charge in [-0.3, -0.25) is 14.2 Å². The van der Waals surface area contributed by atoms with E-state index in [0.29, 0.717) is 29.4 Å². The first-order valence-corrected chi connectivity index (χ1v) is 10.9. The molecule has 1 aromatic carbocycles. The molecule has 142 valence electrons. The largest absolute Gasteiger partial charge is 0.302 e. The molecular weight excluding hydrogens is 386 g/mol. The lowest BCUT2D eigenvalue weighted by Crippen LogP contribution is -2.12. The molecule has 3 rings (SSSR count). The Bertz CT molecular complexity index is 1040. The third-order valence-corrected chi connectivity index (χ3v) is 5.00. The van der Waals surface area contributed by atoms with Crippen LogP contribution in [0, 0.1) is 0 Å². The number of amides is 1. The summed E-state index contributed by atoms with van der Waals surface area (Å²) in [5.41, 5.74) is 3.05. The van der Waals surface area contributed by atoms with E-state index in [0.717, 1.165) is 17.4 Å². The number of carbonyl (C=O) groups is 1. The normalized spacial score (nSPS) is 11.3. The Morgan fingerprint density at radius 3 is 2.63 bits per heavy atom. The summed E-state index contributed by atoms with van der Waals surface area (Å²) < 4.78 is 26.6. The molecule has 27 heavy (non-hydrogen) atoms. The third-order valence-electron chi connectivity index (χ3n) is 3.63. The van der Waals surface area contributed by atoms with Crippen molar-refractivity contribution < 1.29 is 13.2 Å². The first kappa shape index (κ1) is 19.1. The monoisotopic (exact) mass is 405 g/mol. The highest BCUT2D eigenvalue weighted by Crippen LogP contribution is 2.26. The third kappa shape index (κ3) is 5.63. The first-order valence-electron chi connectivity index (χ1n) is 8.09. The van der Waals surface area contributed by atoms with Crippen LogP contribution in [-0.4, -0.2) is 35.3 Å². The van der Waals surface area contributed by atoms with Crippen LogP contribution in [0.25, 0.3) is 11.3 Å². The van der Waals surface area contributed by atoms with Crippen LogP contribution < -0.4 is 10.0 Å². The molecule has 0 aliphatic rings. The predicted molar refractivity (Wildman–Crippen MR) is 106 cm³/mol. The van der Waals surface area contributed by atoms with Gasteiger partial charge in [-0.2, -0.15) is 5.10 Å². The van der Waals surface area contributed by atoms with Gasteiger partial charge >= 0.3 is 0 Å². The van der Waals surface area contributed by atoms with Crippen LogP contribution in [0.15, 0.2) is 42.0 Å². The van der Waals surface area contributed by atoms with Crippen LogP contribution in [0.3, 0.4) is 0 Å². The average molecular weight is 406 g/mol. The molecule has 8 nitrogen and oxygen atoms in total. The van der Waals surface area contributed by atoms with Crippen molar-refractivity contribution in [1.29, 1.82) is 0 Å². The number of nitrogens with one attached hydrogen (secondary N) is 2. The molecule has 1 amide bonds. The lowest BCUT2D eigenvalue weighted by atomic mass is 10.1. The number of hydrogen-bond acceptors (Lipinski definition) is 6. The Kier molecular flexibility index (Phi) is 5.57. The highest BCUT2D eigenvalue weighted by Gasteiger charge is 2.09. The fourth-order valence-corrected chi connectivity index (χ4v) is 3.73. The summed E-state index contributed by atoms with van der Waals surface area (Å²) in [5.74, 6) is -0.104. The molecule has 0 aliphatic heterocycles. The number of nitrogens with zero attached hydrogens (tertiary/aromatic N) is 3. The van der Waals surface area contributed by atoms with Crippen molar-refractivity contribution in [3.05, 3.63) is 47.6 Å². The summed E-state index contributed by atoms with van der Waals surface area (Å²) in [6.45, 7) is 0. The first-order chi connectivity index (χ1) is 12.8. The van der Waals surface area contributed by atoms with E-state index < -0.39 is 10.0 Å². The molecule has 0 aliphatic carbocycles. The minimum atomic E-state index is -3.30. The van der Waals surface area contributed by atoms with Gasteiger partial charge in [0.1, 0.15) is 0 Å². The molecule has 10 heteroatoms. The molecule has 0 saturated heterocycles. The number of carbonyl (C=O) groups excluding carboxylic acids is 1. The zero-order valence-electron chi connectivity index (χ0n) is 14.8. The van der Waals surface area contributed by atoms with Crippen molar-refractivity contribution in [1.82, 2.24) is 14.8 Å². The van der Waals surface area contributed by atoms with Crippen LogP contribution in [0.1, 0.15) is 12.0 Å². The molecule has 3 aromatic rings. The average Bonchev–Trinajstić information content (AvgIpc) is 3.21. The van der Waals surface area contributed by atoms with E-state index in [1.165, 1.54) is 11.3 Å². The maximum Gasteiger partial charge on any atom is 0.229 e. The van der Waals surface area contributed by atoms with Gasteiger partial charge < -0.3 is 5.32 Å². The van der Waals surface area contributed by atoms with E-state index in [4.69, 9.17) is 0 Å². The Hall–Kier alpha value is -2.72. The number of anilines is 2. The zero-order chi connectivity index (χ0) is 19.4. The maximum absolute atomic E-state index is 12.1. The molecule has 2 aromatic heterocycles. The second kappa shape index (κ2) is 7.89. The van der Waals surface area contributed by atoms with E-state index in [1.807, 2.05) is 18.6 Å². The molecule has 0 saturated carbocycles. The molecule has 0 unspecified atom stereocenters. The SMILES string of the molecule is Cn1cc(CCC(=O)Nc2nc(-c3ccc(NS(C)(=O)=O)cc3)cs2)cn1. The van der Waals surface area contributed by atoms with E-state index >= 15 is 0 Å². The van der Waals surface area contributed by atoms with E-state index in [2.05, 4.69) is 20.1 Å². The van der Waals surface area contributed by atoms with Gasteiger partial charge in [0.25, 0.3) is 0 Å². The second-order valence-corrected chi connectivity index (χ2v) is 8.67. The summed E-state index contributed by atoms with van der Waals surface area (Å²) in [5, 5.41) is 9.25.